The quantitative estimate of drug-likeness (QED) is 0.391. The molecule has 2 N–H and O–H groups in total. The van der Waals surface area contributed by atoms with Crippen molar-refractivity contribution in [3.05, 3.63) is 47.2 Å². The van der Waals surface area contributed by atoms with Gasteiger partial charge in [-0.25, -0.2) is 0 Å². The number of carboxylic acid groups (broad SMARTS) is 1. The third-order valence-corrected chi connectivity index (χ3v) is 5.30. The van der Waals surface area contributed by atoms with Crippen LogP contribution in [0.5, 0.6) is 0 Å². The summed E-state index contributed by atoms with van der Waals surface area (Å²) in [5, 5.41) is 22.7. The second-order valence-corrected chi connectivity index (χ2v) is 6.62. The summed E-state index contributed by atoms with van der Waals surface area (Å²) in [7, 11) is 0. The summed E-state index contributed by atoms with van der Waals surface area (Å²) in [5.41, 5.74) is 0.797. The van der Waals surface area contributed by atoms with Crippen LogP contribution in [-0.4, -0.2) is 51.6 Å². The van der Waals surface area contributed by atoms with Gasteiger partial charge in [0.1, 0.15) is 11.4 Å². The Bertz CT molecular complexity index is 724. The number of hydrogen-bond acceptors (Lipinski definition) is 6. The molecule has 0 radical (unpaired) electrons. The Morgan fingerprint density at radius 3 is 2.60 bits per heavy atom. The normalized spacial score (nSPS) is 21.8. The molecule has 9 heteroatoms. The number of benzene rings is 1. The number of aliphatic hydroxyl groups is 1. The minimum Gasteiger partial charge on any atom is -0.543 e. The number of aliphatic carboxylic acids is 1. The van der Waals surface area contributed by atoms with Gasteiger partial charge in [-0.3, -0.25) is 14.5 Å². The first-order valence-electron chi connectivity index (χ1n) is 7.35. The number of nitrogens with one attached hydrogen (secondary N) is 1. The van der Waals surface area contributed by atoms with Gasteiger partial charge in [-0.1, -0.05) is 30.3 Å². The van der Waals surface area contributed by atoms with Crippen molar-refractivity contribution in [1.29, 1.82) is 0 Å². The van der Waals surface area contributed by atoms with Gasteiger partial charge in [0.05, 0.1) is 24.7 Å². The van der Waals surface area contributed by atoms with E-state index < -0.39 is 29.9 Å². The van der Waals surface area contributed by atoms with Crippen LogP contribution >= 0.6 is 11.8 Å². The largest absolute Gasteiger partial charge is 1.00 e. The monoisotopic (exact) mass is 386 g/mol. The topological polar surface area (TPSA) is 110 Å². The van der Waals surface area contributed by atoms with E-state index >= 15 is 0 Å². The summed E-state index contributed by atoms with van der Waals surface area (Å²) in [6.45, 7) is -0.447. The van der Waals surface area contributed by atoms with Crippen molar-refractivity contribution in [3.8, 4) is 0 Å². The van der Waals surface area contributed by atoms with E-state index in [2.05, 4.69) is 5.32 Å². The number of hydrogen-bond donors (Lipinski definition) is 2. The predicted molar refractivity (Wildman–Crippen MR) is 84.3 cm³/mol. The standard InChI is InChI=1S/C16H16N2O5S.K/c19-7-10-8-24-15-12(14(21)18(15)13(10)16(22)23)17-11(20)6-9-4-2-1-3-5-9;/h1-5,12,15,19H,6-8H2,(H,17,20)(H,22,23);/q;+1/p-1/t12-,15+;/m0./s1. The minimum absolute atomic E-state index is 0. The molecule has 0 spiro atoms. The SMILES string of the molecule is O=C(Cc1ccccc1)N[C@H]1C(=O)N2C(C(=O)[O-])=C(CO)CS[C@H]12.[K+]. The molecule has 3 rings (SSSR count). The zero-order valence-corrected chi connectivity index (χ0v) is 17.5. The molecule has 1 fully saturated rings. The van der Waals surface area contributed by atoms with Gasteiger partial charge in [0, 0.05) is 5.75 Å². The zero-order valence-electron chi connectivity index (χ0n) is 13.6. The van der Waals surface area contributed by atoms with E-state index in [1.165, 1.54) is 11.8 Å². The molecule has 1 aromatic rings. The van der Waals surface area contributed by atoms with Crippen LogP contribution in [0.1, 0.15) is 5.56 Å². The fourth-order valence-electron chi connectivity index (χ4n) is 2.80. The fourth-order valence-corrected chi connectivity index (χ4v) is 4.13. The molecule has 0 saturated carbocycles. The summed E-state index contributed by atoms with van der Waals surface area (Å²) in [4.78, 5) is 36.7. The van der Waals surface area contributed by atoms with Crippen LogP contribution < -0.4 is 61.8 Å². The second kappa shape index (κ2) is 8.80. The number of rotatable bonds is 5. The summed E-state index contributed by atoms with van der Waals surface area (Å²) >= 11 is 1.31. The van der Waals surface area contributed by atoms with Gasteiger partial charge >= 0.3 is 51.4 Å². The Labute approximate surface area is 191 Å². The van der Waals surface area contributed by atoms with Crippen LogP contribution in [0, 0.1) is 0 Å². The van der Waals surface area contributed by atoms with Gasteiger partial charge in [0.25, 0.3) is 5.91 Å². The number of thioether (sulfide) groups is 1. The van der Waals surface area contributed by atoms with E-state index in [1.807, 2.05) is 30.3 Å². The molecule has 126 valence electrons. The molecule has 0 unspecified atom stereocenters. The number of amides is 2. The first kappa shape index (κ1) is 20.6. The van der Waals surface area contributed by atoms with Crippen LogP contribution in [0.2, 0.25) is 0 Å². The summed E-state index contributed by atoms with van der Waals surface area (Å²) in [6.07, 6.45) is 0.146. The summed E-state index contributed by atoms with van der Waals surface area (Å²) in [5.74, 6) is -2.02. The van der Waals surface area contributed by atoms with E-state index in [4.69, 9.17) is 0 Å². The number of nitrogens with zero attached hydrogens (tertiary/aromatic N) is 1. The van der Waals surface area contributed by atoms with Crippen LogP contribution in [0.3, 0.4) is 0 Å². The summed E-state index contributed by atoms with van der Waals surface area (Å²) < 4.78 is 0. The molecular weight excluding hydrogens is 371 g/mol. The van der Waals surface area contributed by atoms with Crippen LogP contribution in [-0.2, 0) is 20.8 Å². The predicted octanol–water partition coefficient (Wildman–Crippen LogP) is -4.37. The molecular formula is C16H15KN2O5S. The number of carbonyl (C=O) groups is 3. The van der Waals surface area contributed by atoms with Crippen molar-refractivity contribution in [2.45, 2.75) is 17.8 Å². The number of β-lactam (4-membered cyclic amide) rings is 1. The van der Waals surface area contributed by atoms with Crippen LogP contribution in [0.4, 0.5) is 0 Å². The van der Waals surface area contributed by atoms with Crippen molar-refractivity contribution in [2.75, 3.05) is 12.4 Å². The van der Waals surface area contributed by atoms with E-state index in [9.17, 15) is 24.6 Å². The third kappa shape index (κ3) is 4.18. The molecule has 0 aliphatic carbocycles. The number of aliphatic hydroxyl groups excluding tert-OH is 1. The molecule has 1 aromatic carbocycles. The minimum atomic E-state index is -1.49. The van der Waals surface area contributed by atoms with Gasteiger partial charge < -0.3 is 20.3 Å². The molecule has 0 aromatic heterocycles. The average Bonchev–Trinajstić information content (AvgIpc) is 2.58. The van der Waals surface area contributed by atoms with Crippen molar-refractivity contribution < 1.29 is 76.0 Å². The third-order valence-electron chi connectivity index (χ3n) is 3.96. The van der Waals surface area contributed by atoms with Gasteiger partial charge in [0.15, 0.2) is 0 Å². The van der Waals surface area contributed by atoms with E-state index in [0.29, 0.717) is 0 Å². The molecule has 2 amide bonds. The van der Waals surface area contributed by atoms with Crippen molar-refractivity contribution >= 4 is 29.5 Å². The molecule has 25 heavy (non-hydrogen) atoms. The maximum absolute atomic E-state index is 12.3. The molecule has 0 bridgehead atoms. The number of carbonyl (C=O) groups excluding carboxylic acids is 3. The zero-order chi connectivity index (χ0) is 17.3. The Hall–Kier alpha value is -0.684. The first-order valence-corrected chi connectivity index (χ1v) is 8.40. The Balaban J connectivity index is 0.00000225. The molecule has 1 saturated heterocycles. The Morgan fingerprint density at radius 2 is 2.00 bits per heavy atom. The van der Waals surface area contributed by atoms with Gasteiger partial charge in [-0.2, -0.15) is 0 Å². The van der Waals surface area contributed by atoms with E-state index in [0.717, 1.165) is 10.5 Å². The Kier molecular flexibility index (Phi) is 7.26. The number of fused-ring (bicyclic) bond motifs is 1. The maximum Gasteiger partial charge on any atom is 1.00 e. The van der Waals surface area contributed by atoms with Crippen LogP contribution in [0.15, 0.2) is 41.6 Å². The second-order valence-electron chi connectivity index (χ2n) is 5.52. The van der Waals surface area contributed by atoms with E-state index in [-0.39, 0.29) is 80.7 Å². The maximum atomic E-state index is 12.3. The molecule has 7 nitrogen and oxygen atoms in total. The van der Waals surface area contributed by atoms with Crippen LogP contribution in [0.25, 0.3) is 0 Å². The molecule has 2 heterocycles. The Morgan fingerprint density at radius 1 is 1.32 bits per heavy atom. The van der Waals surface area contributed by atoms with Gasteiger partial charge in [-0.05, 0) is 11.1 Å². The number of carboxylic acids is 1. The first-order chi connectivity index (χ1) is 11.5. The van der Waals surface area contributed by atoms with Crippen molar-refractivity contribution in [3.63, 3.8) is 0 Å². The average molecular weight is 386 g/mol. The van der Waals surface area contributed by atoms with Crippen molar-refractivity contribution in [2.24, 2.45) is 0 Å². The molecule has 2 aliphatic heterocycles. The molecule has 2 atom stereocenters. The van der Waals surface area contributed by atoms with Gasteiger partial charge in [-0.15, -0.1) is 11.8 Å². The van der Waals surface area contributed by atoms with Crippen molar-refractivity contribution in [1.82, 2.24) is 10.2 Å². The smallest absolute Gasteiger partial charge is 0.543 e. The van der Waals surface area contributed by atoms with Gasteiger partial charge in [0.2, 0.25) is 5.91 Å². The molecule has 2 aliphatic rings. The fraction of sp³-hybridized carbons (Fsp3) is 0.312. The van der Waals surface area contributed by atoms with E-state index in [1.54, 1.807) is 0 Å². The summed E-state index contributed by atoms with van der Waals surface area (Å²) in [6, 6.07) is 8.36.